The molecule has 0 bridgehead atoms. The highest BCUT2D eigenvalue weighted by Crippen LogP contribution is 2.30. The van der Waals surface area contributed by atoms with Crippen molar-refractivity contribution >= 4 is 23.2 Å². The summed E-state index contributed by atoms with van der Waals surface area (Å²) < 4.78 is 0. The van der Waals surface area contributed by atoms with E-state index in [0.717, 1.165) is 10.6 Å². The molecule has 120 valence electrons. The number of hydrogen-bond acceptors (Lipinski definition) is 4. The molecular weight excluding hydrogens is 312 g/mol. The fourth-order valence-corrected chi connectivity index (χ4v) is 3.80. The van der Waals surface area contributed by atoms with E-state index in [2.05, 4.69) is 10.3 Å². The van der Waals surface area contributed by atoms with Gasteiger partial charge in [0.05, 0.1) is 16.6 Å². The Labute approximate surface area is 138 Å². The van der Waals surface area contributed by atoms with Gasteiger partial charge in [0.1, 0.15) is 4.88 Å². The van der Waals surface area contributed by atoms with Crippen LogP contribution >= 0.6 is 11.3 Å². The number of thiazole rings is 1. The number of aryl methyl sites for hydroxylation is 1. The molecule has 1 aromatic carbocycles. The van der Waals surface area contributed by atoms with Crippen LogP contribution in [0.3, 0.4) is 0 Å². The number of nitrogens with one attached hydrogen (secondary N) is 1. The van der Waals surface area contributed by atoms with Crippen LogP contribution in [0.5, 0.6) is 0 Å². The lowest BCUT2D eigenvalue weighted by Crippen LogP contribution is -2.33. The van der Waals surface area contributed by atoms with Gasteiger partial charge in [-0.05, 0) is 26.2 Å². The van der Waals surface area contributed by atoms with Gasteiger partial charge in [-0.25, -0.2) is 4.98 Å². The van der Waals surface area contributed by atoms with Crippen LogP contribution in [0.4, 0.5) is 0 Å². The SMILES string of the molecule is Cc1nc(-c2ccccc2)c(C(=O)N[C@@H]2CC[C@H](C(=O)O)C2)s1. The van der Waals surface area contributed by atoms with Crippen molar-refractivity contribution in [1.82, 2.24) is 10.3 Å². The average molecular weight is 330 g/mol. The topological polar surface area (TPSA) is 79.3 Å². The van der Waals surface area contributed by atoms with Crippen LogP contribution in [-0.4, -0.2) is 28.0 Å². The molecule has 0 aliphatic heterocycles. The Morgan fingerprint density at radius 1 is 1.26 bits per heavy atom. The third kappa shape index (κ3) is 3.42. The number of nitrogens with zero attached hydrogens (tertiary/aromatic N) is 1. The summed E-state index contributed by atoms with van der Waals surface area (Å²) in [6.07, 6.45) is 1.83. The summed E-state index contributed by atoms with van der Waals surface area (Å²) >= 11 is 1.37. The minimum Gasteiger partial charge on any atom is -0.481 e. The number of aliphatic carboxylic acids is 1. The molecule has 3 rings (SSSR count). The van der Waals surface area contributed by atoms with Crippen molar-refractivity contribution in [3.8, 4) is 11.3 Å². The number of hydrogen-bond donors (Lipinski definition) is 2. The molecule has 1 saturated carbocycles. The second-order valence-electron chi connectivity index (χ2n) is 5.80. The Kier molecular flexibility index (Phi) is 4.43. The Balaban J connectivity index is 1.77. The van der Waals surface area contributed by atoms with Gasteiger partial charge in [0.25, 0.3) is 5.91 Å². The van der Waals surface area contributed by atoms with Crippen LogP contribution in [0.15, 0.2) is 30.3 Å². The first-order valence-electron chi connectivity index (χ1n) is 7.61. The molecule has 6 heteroatoms. The third-order valence-electron chi connectivity index (χ3n) is 4.10. The zero-order valence-electron chi connectivity index (χ0n) is 12.8. The van der Waals surface area contributed by atoms with E-state index in [0.29, 0.717) is 29.8 Å². The van der Waals surface area contributed by atoms with Crippen molar-refractivity contribution in [2.24, 2.45) is 5.92 Å². The number of amides is 1. The number of carboxylic acids is 1. The van der Waals surface area contributed by atoms with Gasteiger partial charge < -0.3 is 10.4 Å². The second kappa shape index (κ2) is 6.50. The maximum absolute atomic E-state index is 12.6. The standard InChI is InChI=1S/C17H18N2O3S/c1-10-18-14(11-5-3-2-4-6-11)15(23-10)16(20)19-13-8-7-12(9-13)17(21)22/h2-6,12-13H,7-9H2,1H3,(H,19,20)(H,21,22)/t12-,13+/m0/s1. The maximum Gasteiger partial charge on any atom is 0.306 e. The summed E-state index contributed by atoms with van der Waals surface area (Å²) in [6, 6.07) is 9.55. The van der Waals surface area contributed by atoms with Gasteiger partial charge in [0, 0.05) is 11.6 Å². The van der Waals surface area contributed by atoms with Crippen molar-refractivity contribution in [2.75, 3.05) is 0 Å². The largest absolute Gasteiger partial charge is 0.481 e. The number of benzene rings is 1. The minimum absolute atomic E-state index is 0.0744. The average Bonchev–Trinajstić information content (AvgIpc) is 3.15. The summed E-state index contributed by atoms with van der Waals surface area (Å²) in [6.45, 7) is 1.88. The van der Waals surface area contributed by atoms with Gasteiger partial charge in [0.15, 0.2) is 0 Å². The Morgan fingerprint density at radius 3 is 2.65 bits per heavy atom. The van der Waals surface area contributed by atoms with Crippen LogP contribution < -0.4 is 5.32 Å². The van der Waals surface area contributed by atoms with Crippen molar-refractivity contribution in [3.05, 3.63) is 40.2 Å². The highest BCUT2D eigenvalue weighted by molar-refractivity contribution is 7.14. The number of aromatic nitrogens is 1. The quantitative estimate of drug-likeness (QED) is 0.903. The molecule has 1 aliphatic carbocycles. The lowest BCUT2D eigenvalue weighted by Gasteiger charge is -2.12. The highest BCUT2D eigenvalue weighted by atomic mass is 32.1. The highest BCUT2D eigenvalue weighted by Gasteiger charge is 2.31. The van der Waals surface area contributed by atoms with E-state index in [9.17, 15) is 9.59 Å². The summed E-state index contributed by atoms with van der Waals surface area (Å²) in [5.74, 6) is -1.29. The second-order valence-corrected chi connectivity index (χ2v) is 7.00. The minimum atomic E-state index is -0.777. The number of carbonyl (C=O) groups excluding carboxylic acids is 1. The molecule has 2 N–H and O–H groups in total. The number of carboxylic acid groups (broad SMARTS) is 1. The van der Waals surface area contributed by atoms with E-state index >= 15 is 0 Å². The fraction of sp³-hybridized carbons (Fsp3) is 0.353. The molecule has 1 aromatic heterocycles. The molecular formula is C17H18N2O3S. The first-order valence-corrected chi connectivity index (χ1v) is 8.42. The Bertz CT molecular complexity index is 727. The maximum atomic E-state index is 12.6. The molecule has 1 fully saturated rings. The molecule has 0 saturated heterocycles. The predicted molar refractivity (Wildman–Crippen MR) is 88.5 cm³/mol. The first-order chi connectivity index (χ1) is 11.0. The lowest BCUT2D eigenvalue weighted by atomic mass is 10.1. The Morgan fingerprint density at radius 2 is 2.00 bits per heavy atom. The zero-order chi connectivity index (χ0) is 16.4. The van der Waals surface area contributed by atoms with Crippen molar-refractivity contribution in [2.45, 2.75) is 32.2 Å². The number of rotatable bonds is 4. The first kappa shape index (κ1) is 15.7. The molecule has 0 unspecified atom stereocenters. The molecule has 0 spiro atoms. The summed E-state index contributed by atoms with van der Waals surface area (Å²) in [5.41, 5.74) is 1.61. The molecule has 1 aliphatic rings. The van der Waals surface area contributed by atoms with Gasteiger partial charge in [-0.3, -0.25) is 9.59 Å². The van der Waals surface area contributed by atoms with Crippen LogP contribution in [0, 0.1) is 12.8 Å². The molecule has 0 radical (unpaired) electrons. The molecule has 2 aromatic rings. The smallest absolute Gasteiger partial charge is 0.306 e. The summed E-state index contributed by atoms with van der Waals surface area (Å²) in [7, 11) is 0. The van der Waals surface area contributed by atoms with E-state index in [1.165, 1.54) is 11.3 Å². The van der Waals surface area contributed by atoms with E-state index in [4.69, 9.17) is 5.11 Å². The van der Waals surface area contributed by atoms with Gasteiger partial charge in [-0.2, -0.15) is 0 Å². The third-order valence-corrected chi connectivity index (χ3v) is 5.07. The predicted octanol–water partition coefficient (Wildman–Crippen LogP) is 3.10. The van der Waals surface area contributed by atoms with Crippen molar-refractivity contribution in [3.63, 3.8) is 0 Å². The lowest BCUT2D eigenvalue weighted by molar-refractivity contribution is -0.141. The van der Waals surface area contributed by atoms with Crippen LogP contribution in [0.2, 0.25) is 0 Å². The zero-order valence-corrected chi connectivity index (χ0v) is 13.6. The summed E-state index contributed by atoms with van der Waals surface area (Å²) in [4.78, 5) is 28.7. The van der Waals surface area contributed by atoms with E-state index < -0.39 is 5.97 Å². The van der Waals surface area contributed by atoms with Crippen LogP contribution in [0.25, 0.3) is 11.3 Å². The number of carbonyl (C=O) groups is 2. The van der Waals surface area contributed by atoms with E-state index in [-0.39, 0.29) is 17.9 Å². The van der Waals surface area contributed by atoms with E-state index in [1.807, 2.05) is 37.3 Å². The normalized spacial score (nSPS) is 20.4. The van der Waals surface area contributed by atoms with Crippen LogP contribution in [-0.2, 0) is 4.79 Å². The summed E-state index contributed by atoms with van der Waals surface area (Å²) in [5, 5.41) is 12.9. The monoisotopic (exact) mass is 330 g/mol. The molecule has 2 atom stereocenters. The van der Waals surface area contributed by atoms with E-state index in [1.54, 1.807) is 0 Å². The van der Waals surface area contributed by atoms with Gasteiger partial charge >= 0.3 is 5.97 Å². The molecule has 23 heavy (non-hydrogen) atoms. The fourth-order valence-electron chi connectivity index (χ4n) is 2.96. The van der Waals surface area contributed by atoms with Crippen molar-refractivity contribution < 1.29 is 14.7 Å². The molecule has 1 amide bonds. The van der Waals surface area contributed by atoms with Gasteiger partial charge in [-0.1, -0.05) is 30.3 Å². The van der Waals surface area contributed by atoms with Crippen LogP contribution in [0.1, 0.15) is 33.9 Å². The Hall–Kier alpha value is -2.21. The van der Waals surface area contributed by atoms with Gasteiger partial charge in [0.2, 0.25) is 0 Å². The molecule has 5 nitrogen and oxygen atoms in total. The van der Waals surface area contributed by atoms with Crippen molar-refractivity contribution in [1.29, 1.82) is 0 Å². The van der Waals surface area contributed by atoms with Gasteiger partial charge in [-0.15, -0.1) is 11.3 Å². The molecule has 1 heterocycles.